The van der Waals surface area contributed by atoms with Gasteiger partial charge in [-0.15, -0.1) is 22.7 Å². The number of para-hydroxylation sites is 1. The van der Waals surface area contributed by atoms with E-state index in [0.29, 0.717) is 0 Å². The third-order valence-corrected chi connectivity index (χ3v) is 15.5. The van der Waals surface area contributed by atoms with Crippen LogP contribution in [0.1, 0.15) is 0 Å². The molecule has 0 atom stereocenters. The Bertz CT molecular complexity index is 4120. The van der Waals surface area contributed by atoms with Crippen LogP contribution in [-0.2, 0) is 0 Å². The first-order valence-corrected chi connectivity index (χ1v) is 22.5. The Balaban J connectivity index is 0.930. The van der Waals surface area contributed by atoms with Gasteiger partial charge in [0.05, 0.1) is 0 Å². The minimum absolute atomic E-state index is 0.896. The first-order valence-electron chi connectivity index (χ1n) is 20.8. The van der Waals surface area contributed by atoms with Crippen LogP contribution in [0.4, 0.5) is 0 Å². The number of benzene rings is 11. The molecule has 0 amide bonds. The Hall–Kier alpha value is -7.30. The molecule has 0 fully saturated rings. The molecule has 0 unspecified atom stereocenters. The third kappa shape index (κ3) is 4.76. The average Bonchev–Trinajstić information content (AvgIpc) is 4.02. The van der Waals surface area contributed by atoms with E-state index < -0.39 is 0 Å². The van der Waals surface area contributed by atoms with Crippen LogP contribution in [0.2, 0.25) is 0 Å². The highest BCUT2D eigenvalue weighted by Gasteiger charge is 2.21. The minimum atomic E-state index is 0.896. The van der Waals surface area contributed by atoms with Gasteiger partial charge >= 0.3 is 0 Å². The molecule has 282 valence electrons. The Kier molecular flexibility index (Phi) is 6.93. The molecule has 0 radical (unpaired) electrons. The zero-order chi connectivity index (χ0) is 39.8. The van der Waals surface area contributed by atoms with Gasteiger partial charge in [0.2, 0.25) is 0 Å². The molecule has 3 heteroatoms. The molecular formula is C58H32OS2. The smallest absolute Gasteiger partial charge is 0.143 e. The summed E-state index contributed by atoms with van der Waals surface area (Å²) in [5.74, 6) is 0. The van der Waals surface area contributed by atoms with Crippen molar-refractivity contribution < 1.29 is 4.42 Å². The van der Waals surface area contributed by atoms with Crippen LogP contribution >= 0.6 is 22.7 Å². The average molecular weight is 809 g/mol. The first kappa shape index (κ1) is 33.5. The highest BCUT2D eigenvalue weighted by molar-refractivity contribution is 7.30. The van der Waals surface area contributed by atoms with Crippen molar-refractivity contribution in [1.29, 1.82) is 0 Å². The quantitative estimate of drug-likeness (QED) is 0.162. The SMILES string of the molecule is c1ccc2c(-c3c4ccccc4c(-c4ccc5oc6c(-c7ccc8c(ccc9c8sc8ccc%10c%11ccccc%11sc%10c89)c7)cccc6c5c4)c4ccccc34)cccc2c1. The second-order valence-corrected chi connectivity index (χ2v) is 18.4. The van der Waals surface area contributed by atoms with Gasteiger partial charge in [-0.1, -0.05) is 164 Å². The summed E-state index contributed by atoms with van der Waals surface area (Å²) in [6.07, 6.45) is 0. The molecule has 0 saturated heterocycles. The highest BCUT2D eigenvalue weighted by atomic mass is 32.1. The molecule has 61 heavy (non-hydrogen) atoms. The van der Waals surface area contributed by atoms with Crippen LogP contribution in [0, 0.1) is 0 Å². The molecule has 14 rings (SSSR count). The van der Waals surface area contributed by atoms with E-state index in [1.807, 2.05) is 22.7 Å². The van der Waals surface area contributed by atoms with Crippen LogP contribution in [-0.4, -0.2) is 0 Å². The van der Waals surface area contributed by atoms with Gasteiger partial charge in [-0.05, 0) is 101 Å². The maximum atomic E-state index is 6.81. The van der Waals surface area contributed by atoms with E-state index in [1.54, 1.807) is 0 Å². The van der Waals surface area contributed by atoms with Crippen molar-refractivity contribution >= 4 is 128 Å². The number of rotatable bonds is 3. The molecule has 3 aromatic heterocycles. The number of hydrogen-bond donors (Lipinski definition) is 0. The zero-order valence-corrected chi connectivity index (χ0v) is 34.3. The van der Waals surface area contributed by atoms with Crippen molar-refractivity contribution in [3.63, 3.8) is 0 Å². The summed E-state index contributed by atoms with van der Waals surface area (Å²) in [5, 5.41) is 17.7. The van der Waals surface area contributed by atoms with Crippen molar-refractivity contribution in [3.8, 4) is 33.4 Å². The topological polar surface area (TPSA) is 13.1 Å². The van der Waals surface area contributed by atoms with Gasteiger partial charge in [0.25, 0.3) is 0 Å². The molecular weight excluding hydrogens is 777 g/mol. The fraction of sp³-hybridized carbons (Fsp3) is 0. The normalized spacial score (nSPS) is 12.3. The van der Waals surface area contributed by atoms with Gasteiger partial charge in [0.1, 0.15) is 11.2 Å². The summed E-state index contributed by atoms with van der Waals surface area (Å²) < 4.78 is 12.2. The van der Waals surface area contributed by atoms with Crippen LogP contribution < -0.4 is 0 Å². The van der Waals surface area contributed by atoms with Crippen molar-refractivity contribution in [2.45, 2.75) is 0 Å². The van der Waals surface area contributed by atoms with E-state index in [9.17, 15) is 0 Å². The lowest BCUT2D eigenvalue weighted by molar-refractivity contribution is 0.670. The lowest BCUT2D eigenvalue weighted by Gasteiger charge is -2.18. The van der Waals surface area contributed by atoms with Crippen molar-refractivity contribution in [1.82, 2.24) is 0 Å². The van der Waals surface area contributed by atoms with Crippen LogP contribution in [0.3, 0.4) is 0 Å². The minimum Gasteiger partial charge on any atom is -0.455 e. The molecule has 0 bridgehead atoms. The van der Waals surface area contributed by atoms with Gasteiger partial charge in [-0.25, -0.2) is 0 Å². The molecule has 3 heterocycles. The second-order valence-electron chi connectivity index (χ2n) is 16.3. The monoisotopic (exact) mass is 808 g/mol. The Labute approximate surface area is 357 Å². The number of fused-ring (bicyclic) bond motifs is 15. The Morgan fingerprint density at radius 1 is 0.311 bits per heavy atom. The summed E-state index contributed by atoms with van der Waals surface area (Å²) in [7, 11) is 0. The molecule has 0 aliphatic rings. The summed E-state index contributed by atoms with van der Waals surface area (Å²) >= 11 is 3.83. The van der Waals surface area contributed by atoms with Crippen LogP contribution in [0.5, 0.6) is 0 Å². The Morgan fingerprint density at radius 2 is 0.934 bits per heavy atom. The van der Waals surface area contributed by atoms with E-state index in [-0.39, 0.29) is 0 Å². The number of furan rings is 1. The molecule has 14 aromatic rings. The fourth-order valence-corrected chi connectivity index (χ4v) is 12.9. The first-order chi connectivity index (χ1) is 30.2. The zero-order valence-electron chi connectivity index (χ0n) is 32.7. The highest BCUT2D eigenvalue weighted by Crippen LogP contribution is 2.49. The largest absolute Gasteiger partial charge is 0.455 e. The standard InChI is InChI=1S/C58H32OS2/c1-2-13-37-33(11-1)12-9-20-41(37)54-44-17-5-3-15-42(44)53(43-16-4-6-18-45(43)54)36-25-29-50-49(32-36)46-21-10-19-38(56(46)59-50)34-23-26-39-35(31-34)24-27-48-55-52(61-57(39)48)30-28-47-40-14-7-8-22-51(40)60-58(47)55/h1-32H. The summed E-state index contributed by atoms with van der Waals surface area (Å²) in [4.78, 5) is 0. The van der Waals surface area contributed by atoms with Gasteiger partial charge in [0.15, 0.2) is 0 Å². The molecule has 0 spiro atoms. The molecule has 0 N–H and O–H groups in total. The third-order valence-electron chi connectivity index (χ3n) is 13.0. The van der Waals surface area contributed by atoms with Crippen LogP contribution in [0.15, 0.2) is 199 Å². The van der Waals surface area contributed by atoms with Gasteiger partial charge in [0, 0.05) is 56.7 Å². The van der Waals surface area contributed by atoms with Gasteiger partial charge in [-0.2, -0.15) is 0 Å². The van der Waals surface area contributed by atoms with Gasteiger partial charge in [-0.3, -0.25) is 0 Å². The summed E-state index contributed by atoms with van der Waals surface area (Å²) in [5.41, 5.74) is 9.06. The van der Waals surface area contributed by atoms with Gasteiger partial charge < -0.3 is 4.42 Å². The molecule has 0 saturated carbocycles. The Morgan fingerprint density at radius 3 is 1.77 bits per heavy atom. The van der Waals surface area contributed by atoms with E-state index in [2.05, 4.69) is 194 Å². The summed E-state index contributed by atoms with van der Waals surface area (Å²) in [6, 6.07) is 71.6. The van der Waals surface area contributed by atoms with E-state index >= 15 is 0 Å². The lowest BCUT2D eigenvalue weighted by Crippen LogP contribution is -1.91. The summed E-state index contributed by atoms with van der Waals surface area (Å²) in [6.45, 7) is 0. The maximum absolute atomic E-state index is 6.81. The second kappa shape index (κ2) is 12.6. The van der Waals surface area contributed by atoms with E-state index in [0.717, 1.165) is 33.1 Å². The van der Waals surface area contributed by atoms with Crippen molar-refractivity contribution in [2.75, 3.05) is 0 Å². The molecule has 1 nitrogen and oxygen atoms in total. The fourth-order valence-electron chi connectivity index (χ4n) is 10.4. The molecule has 0 aliphatic heterocycles. The maximum Gasteiger partial charge on any atom is 0.143 e. The lowest BCUT2D eigenvalue weighted by atomic mass is 9.84. The molecule has 0 aliphatic carbocycles. The predicted octanol–water partition coefficient (Wildman–Crippen LogP) is 17.9. The number of hydrogen-bond acceptors (Lipinski definition) is 3. The van der Waals surface area contributed by atoms with Crippen molar-refractivity contribution in [3.05, 3.63) is 194 Å². The van der Waals surface area contributed by atoms with Crippen LogP contribution in [0.25, 0.3) is 139 Å². The predicted molar refractivity (Wildman–Crippen MR) is 266 cm³/mol. The molecule has 11 aromatic carbocycles. The van der Waals surface area contributed by atoms with E-state index in [4.69, 9.17) is 4.42 Å². The number of thiophene rings is 2. The van der Waals surface area contributed by atoms with E-state index in [1.165, 1.54) is 106 Å². The van der Waals surface area contributed by atoms with Crippen molar-refractivity contribution in [2.24, 2.45) is 0 Å².